The van der Waals surface area contributed by atoms with Crippen LogP contribution in [0.25, 0.3) is 5.57 Å². The van der Waals surface area contributed by atoms with Gasteiger partial charge in [-0.15, -0.1) is 0 Å². The first-order chi connectivity index (χ1) is 14.5. The first-order valence-corrected chi connectivity index (χ1v) is 11.0. The monoisotopic (exact) mass is 417 g/mol. The lowest BCUT2D eigenvalue weighted by molar-refractivity contribution is 0.231. The van der Waals surface area contributed by atoms with Crippen LogP contribution >= 0.6 is 0 Å². The van der Waals surface area contributed by atoms with Crippen LogP contribution in [0.15, 0.2) is 71.4 Å². The van der Waals surface area contributed by atoms with Crippen LogP contribution in [0.4, 0.5) is 0 Å². The summed E-state index contributed by atoms with van der Waals surface area (Å²) in [6, 6.07) is 21.0. The van der Waals surface area contributed by atoms with Gasteiger partial charge in [0.05, 0.1) is 11.6 Å². The molecular weight excluding hydrogens is 381 g/mol. The van der Waals surface area contributed by atoms with E-state index in [1.807, 2.05) is 0 Å². The first kappa shape index (κ1) is 23.3. The second kappa shape index (κ2) is 9.01. The Morgan fingerprint density at radius 1 is 0.903 bits per heavy atom. The molecule has 1 atom stereocenters. The third-order valence-corrected chi connectivity index (χ3v) is 5.23. The lowest BCUT2D eigenvalue weighted by Crippen LogP contribution is -2.57. The van der Waals surface area contributed by atoms with E-state index in [0.717, 1.165) is 22.5 Å². The molecule has 0 aliphatic carbocycles. The summed E-state index contributed by atoms with van der Waals surface area (Å²) in [6.07, 6.45) is 2.08. The Bertz CT molecular complexity index is 883. The van der Waals surface area contributed by atoms with Gasteiger partial charge >= 0.3 is 7.19 Å². The summed E-state index contributed by atoms with van der Waals surface area (Å²) in [6.45, 7) is 13.1. The molecule has 5 heteroatoms. The number of nitrogens with zero attached hydrogens (tertiary/aromatic N) is 3. The number of benzene rings is 2. The van der Waals surface area contributed by atoms with Crippen molar-refractivity contribution < 1.29 is 4.65 Å². The molecule has 1 unspecified atom stereocenters. The van der Waals surface area contributed by atoms with Gasteiger partial charge in [0.15, 0.2) is 0 Å². The molecule has 0 spiro atoms. The zero-order valence-corrected chi connectivity index (χ0v) is 20.3. The minimum Gasteiger partial charge on any atom is -0.534 e. The number of aliphatic imine (C=N–C) groups is 1. The molecule has 0 aromatic heterocycles. The van der Waals surface area contributed by atoms with Crippen molar-refractivity contribution in [2.24, 2.45) is 4.99 Å². The van der Waals surface area contributed by atoms with Gasteiger partial charge < -0.3 is 4.65 Å². The van der Waals surface area contributed by atoms with E-state index >= 15 is 0 Å². The Balaban J connectivity index is 2.30. The molecule has 1 aliphatic heterocycles. The van der Waals surface area contributed by atoms with Crippen LogP contribution in [0.1, 0.15) is 52.7 Å². The maximum absolute atomic E-state index is 6.75. The smallest absolute Gasteiger partial charge is 0.534 e. The number of hydrogen-bond donors (Lipinski definition) is 0. The first-order valence-electron chi connectivity index (χ1n) is 11.0. The quantitative estimate of drug-likeness (QED) is 0.495. The average Bonchev–Trinajstić information content (AvgIpc) is 3.08. The maximum atomic E-state index is 6.75. The van der Waals surface area contributed by atoms with Gasteiger partial charge in [-0.3, -0.25) is 14.6 Å². The molecule has 3 rings (SSSR count). The van der Waals surface area contributed by atoms with Crippen molar-refractivity contribution in [1.82, 2.24) is 9.62 Å². The summed E-state index contributed by atoms with van der Waals surface area (Å²) in [5.74, 6) is 0.944. The topological polar surface area (TPSA) is 28.1 Å². The zero-order valence-electron chi connectivity index (χ0n) is 20.3. The zero-order chi connectivity index (χ0) is 22.8. The molecule has 0 saturated carbocycles. The van der Waals surface area contributed by atoms with E-state index in [0.29, 0.717) is 0 Å². The van der Waals surface area contributed by atoms with Crippen LogP contribution in [0.5, 0.6) is 0 Å². The molecular formula is C26H36BN3O. The molecule has 4 nitrogen and oxygen atoms in total. The van der Waals surface area contributed by atoms with Gasteiger partial charge in [-0.05, 0) is 66.8 Å². The molecule has 0 amide bonds. The van der Waals surface area contributed by atoms with Gasteiger partial charge in [-0.25, -0.2) is 0 Å². The van der Waals surface area contributed by atoms with E-state index in [-0.39, 0.29) is 24.3 Å². The van der Waals surface area contributed by atoms with Crippen molar-refractivity contribution in [1.29, 1.82) is 0 Å². The lowest BCUT2D eigenvalue weighted by atomic mass is 9.86. The fourth-order valence-electron chi connectivity index (χ4n) is 3.91. The predicted octanol–water partition coefficient (Wildman–Crippen LogP) is 5.36. The number of hydrogen-bond acceptors (Lipinski definition) is 4. The molecule has 2 aromatic rings. The average molecular weight is 417 g/mol. The van der Waals surface area contributed by atoms with Gasteiger partial charge in [0, 0.05) is 17.3 Å². The molecule has 164 valence electrons. The highest BCUT2D eigenvalue weighted by molar-refractivity contribution is 6.47. The van der Waals surface area contributed by atoms with Crippen molar-refractivity contribution in [3.63, 3.8) is 0 Å². The van der Waals surface area contributed by atoms with Crippen molar-refractivity contribution in [2.75, 3.05) is 14.1 Å². The molecule has 1 heterocycles. The van der Waals surface area contributed by atoms with E-state index in [9.17, 15) is 0 Å². The second-order valence-corrected chi connectivity index (χ2v) is 10.4. The predicted molar refractivity (Wildman–Crippen MR) is 133 cm³/mol. The fourth-order valence-corrected chi connectivity index (χ4v) is 3.91. The highest BCUT2D eigenvalue weighted by Gasteiger charge is 2.51. The largest absolute Gasteiger partial charge is 0.548 e. The van der Waals surface area contributed by atoms with Crippen molar-refractivity contribution in [3.8, 4) is 0 Å². The van der Waals surface area contributed by atoms with E-state index in [2.05, 4.69) is 132 Å². The molecule has 0 bridgehead atoms. The molecule has 0 radical (unpaired) electrons. The molecule has 2 aromatic carbocycles. The third-order valence-electron chi connectivity index (χ3n) is 5.23. The Morgan fingerprint density at radius 3 is 1.77 bits per heavy atom. The highest BCUT2D eigenvalue weighted by Crippen LogP contribution is 2.38. The summed E-state index contributed by atoms with van der Waals surface area (Å²) in [5, 5.41) is 0. The Morgan fingerprint density at radius 2 is 1.39 bits per heavy atom. The molecule has 1 fully saturated rings. The standard InChI is InChI=1S/C26H36BN3O/c1-25(2,3)28-19-22-24(31-27(29(7)8)30(22)26(4,5)6)23(20-15-11-9-12-16-20)21-17-13-10-14-18-21/h9-19,22H,1-8H3. The number of rotatable bonds is 4. The normalized spacial score (nSPS) is 18.2. The molecule has 1 aliphatic rings. The molecule has 0 N–H and O–H groups in total. The van der Waals surface area contributed by atoms with Gasteiger partial charge in [0.25, 0.3) is 0 Å². The van der Waals surface area contributed by atoms with Crippen LogP contribution in [0, 0.1) is 0 Å². The van der Waals surface area contributed by atoms with Crippen molar-refractivity contribution in [3.05, 3.63) is 77.5 Å². The van der Waals surface area contributed by atoms with E-state index in [1.54, 1.807) is 0 Å². The maximum Gasteiger partial charge on any atom is 0.548 e. The van der Waals surface area contributed by atoms with Crippen LogP contribution in [0.2, 0.25) is 0 Å². The van der Waals surface area contributed by atoms with Crippen LogP contribution in [0.3, 0.4) is 0 Å². The Kier molecular flexibility index (Phi) is 6.78. The summed E-state index contributed by atoms with van der Waals surface area (Å²) < 4.78 is 6.75. The van der Waals surface area contributed by atoms with E-state index in [4.69, 9.17) is 9.65 Å². The lowest BCUT2D eigenvalue weighted by Gasteiger charge is -2.37. The van der Waals surface area contributed by atoms with Gasteiger partial charge in [0.1, 0.15) is 5.76 Å². The van der Waals surface area contributed by atoms with Gasteiger partial charge in [-0.2, -0.15) is 0 Å². The van der Waals surface area contributed by atoms with Crippen LogP contribution in [-0.4, -0.2) is 54.2 Å². The Hall–Kier alpha value is -2.37. The van der Waals surface area contributed by atoms with Gasteiger partial charge in [0.2, 0.25) is 0 Å². The van der Waals surface area contributed by atoms with E-state index < -0.39 is 0 Å². The van der Waals surface area contributed by atoms with Crippen molar-refractivity contribution >= 4 is 19.0 Å². The summed E-state index contributed by atoms with van der Waals surface area (Å²) >= 11 is 0. The third kappa shape index (κ3) is 5.47. The summed E-state index contributed by atoms with van der Waals surface area (Å²) in [4.78, 5) is 9.45. The van der Waals surface area contributed by atoms with E-state index in [1.165, 1.54) is 0 Å². The van der Waals surface area contributed by atoms with Crippen molar-refractivity contribution in [2.45, 2.75) is 58.7 Å². The Labute approximate surface area is 188 Å². The molecule has 31 heavy (non-hydrogen) atoms. The highest BCUT2D eigenvalue weighted by atomic mass is 16.5. The second-order valence-electron chi connectivity index (χ2n) is 10.4. The molecule has 1 saturated heterocycles. The minimum absolute atomic E-state index is 0.0814. The minimum atomic E-state index is -0.186. The SMILES string of the molecule is CN(C)B1OC(=C(c2ccccc2)c2ccccc2)C(C=NC(C)(C)C)N1C(C)(C)C. The summed E-state index contributed by atoms with van der Waals surface area (Å²) in [5.41, 5.74) is 3.12. The summed E-state index contributed by atoms with van der Waals surface area (Å²) in [7, 11) is 3.94. The van der Waals surface area contributed by atoms with Crippen LogP contribution < -0.4 is 0 Å². The van der Waals surface area contributed by atoms with Crippen LogP contribution in [-0.2, 0) is 4.65 Å². The van der Waals surface area contributed by atoms with Gasteiger partial charge in [-0.1, -0.05) is 60.7 Å². The fraction of sp³-hybridized carbons (Fsp3) is 0.423.